The molecule has 3 aromatic heterocycles. The number of carbonyl (C=O) groups is 1. The van der Waals surface area contributed by atoms with Gasteiger partial charge in [-0.2, -0.15) is 4.99 Å². The topological polar surface area (TPSA) is 94.7 Å². The Morgan fingerprint density at radius 3 is 2.69 bits per heavy atom. The van der Waals surface area contributed by atoms with E-state index < -0.39 is 14.0 Å². The van der Waals surface area contributed by atoms with E-state index >= 15 is 0 Å². The molecule has 0 unspecified atom stereocenters. The standard InChI is InChI=1S/C27H34N6O3S2Si/c1-8-20-23(25(34)36-9-2)28-26(37-20)32(4)22-16-18(3)24(31-30-22)29-27-33(17-35-14-15-39(5,6)7)19-12-10-11-13-21(19)38-27/h8,10-13,16H,1,9,14-15,17H2,2-7H3. The predicted molar refractivity (Wildman–Crippen MR) is 162 cm³/mol. The molecule has 1 aromatic carbocycles. The van der Waals surface area contributed by atoms with E-state index in [0.29, 0.717) is 28.4 Å². The zero-order valence-corrected chi connectivity index (χ0v) is 25.9. The number of fused-ring (bicyclic) bond motifs is 1. The fraction of sp³-hybridized carbons (Fsp3) is 0.370. The van der Waals surface area contributed by atoms with Crippen molar-refractivity contribution in [3.8, 4) is 0 Å². The Balaban J connectivity index is 1.62. The fourth-order valence-electron chi connectivity index (χ4n) is 3.64. The van der Waals surface area contributed by atoms with E-state index in [-0.39, 0.29) is 12.3 Å². The molecule has 0 aliphatic carbocycles. The van der Waals surface area contributed by atoms with Gasteiger partial charge in [-0.1, -0.05) is 61.0 Å². The van der Waals surface area contributed by atoms with Gasteiger partial charge in [0.2, 0.25) is 0 Å². The van der Waals surface area contributed by atoms with Crippen molar-refractivity contribution in [2.75, 3.05) is 25.2 Å². The van der Waals surface area contributed by atoms with Crippen molar-refractivity contribution in [3.63, 3.8) is 0 Å². The van der Waals surface area contributed by atoms with E-state index in [1.165, 1.54) is 11.3 Å². The van der Waals surface area contributed by atoms with Crippen molar-refractivity contribution in [2.24, 2.45) is 4.99 Å². The lowest BCUT2D eigenvalue weighted by molar-refractivity contribution is 0.0520. The highest BCUT2D eigenvalue weighted by Gasteiger charge is 2.21. The summed E-state index contributed by atoms with van der Waals surface area (Å²) in [6.45, 7) is 16.0. The second-order valence-corrected chi connectivity index (χ2v) is 17.8. The summed E-state index contributed by atoms with van der Waals surface area (Å²) in [4.78, 5) is 24.9. The lowest BCUT2D eigenvalue weighted by Crippen LogP contribution is -2.23. The van der Waals surface area contributed by atoms with Gasteiger partial charge in [0.1, 0.15) is 6.73 Å². The summed E-state index contributed by atoms with van der Waals surface area (Å²) in [6.07, 6.45) is 1.61. The Morgan fingerprint density at radius 1 is 1.23 bits per heavy atom. The summed E-state index contributed by atoms with van der Waals surface area (Å²) in [7, 11) is 0.655. The van der Waals surface area contributed by atoms with Crippen molar-refractivity contribution < 1.29 is 14.3 Å². The molecule has 0 spiro atoms. The maximum absolute atomic E-state index is 12.3. The van der Waals surface area contributed by atoms with Crippen LogP contribution in [-0.4, -0.2) is 54.1 Å². The molecule has 4 aromatic rings. The predicted octanol–water partition coefficient (Wildman–Crippen LogP) is 6.39. The first-order valence-corrected chi connectivity index (χ1v) is 18.0. The van der Waals surface area contributed by atoms with E-state index in [2.05, 4.69) is 58.1 Å². The maximum Gasteiger partial charge on any atom is 0.358 e. The van der Waals surface area contributed by atoms with Crippen molar-refractivity contribution >= 4 is 69.8 Å². The average Bonchev–Trinajstić information content (AvgIpc) is 3.48. The third-order valence-electron chi connectivity index (χ3n) is 5.88. The Morgan fingerprint density at radius 2 is 2.00 bits per heavy atom. The second-order valence-electron chi connectivity index (χ2n) is 10.1. The Bertz CT molecular complexity index is 1550. The zero-order chi connectivity index (χ0) is 28.2. The summed E-state index contributed by atoms with van der Waals surface area (Å²) < 4.78 is 14.4. The van der Waals surface area contributed by atoms with Gasteiger partial charge in [-0.3, -0.25) is 4.57 Å². The highest BCUT2D eigenvalue weighted by molar-refractivity contribution is 7.17. The number of nitrogens with zero attached hydrogens (tertiary/aromatic N) is 6. The van der Waals surface area contributed by atoms with Crippen LogP contribution in [0.4, 0.5) is 16.8 Å². The summed E-state index contributed by atoms with van der Waals surface area (Å²) in [5.74, 6) is 0.651. The van der Waals surface area contributed by atoms with Crippen LogP contribution in [0.3, 0.4) is 0 Å². The van der Waals surface area contributed by atoms with Gasteiger partial charge in [0.25, 0.3) is 0 Å². The number of para-hydroxylation sites is 1. The number of hydrogen-bond donors (Lipinski definition) is 0. The Labute approximate surface area is 237 Å². The monoisotopic (exact) mass is 582 g/mol. The molecule has 4 rings (SSSR count). The Kier molecular flexibility index (Phi) is 9.11. The largest absolute Gasteiger partial charge is 0.461 e. The van der Waals surface area contributed by atoms with E-state index in [4.69, 9.17) is 14.5 Å². The summed E-state index contributed by atoms with van der Waals surface area (Å²) in [6, 6.07) is 11.2. The highest BCUT2D eigenvalue weighted by atomic mass is 32.1. The second kappa shape index (κ2) is 12.3. The molecular formula is C27H34N6O3S2Si. The molecule has 0 atom stereocenters. The number of anilines is 2. The molecule has 0 radical (unpaired) electrons. The van der Waals surface area contributed by atoms with Crippen LogP contribution in [0.2, 0.25) is 25.7 Å². The van der Waals surface area contributed by atoms with Crippen molar-refractivity contribution in [1.82, 2.24) is 19.7 Å². The molecule has 3 heterocycles. The van der Waals surface area contributed by atoms with E-state index in [9.17, 15) is 4.79 Å². The molecule has 0 bridgehead atoms. The first-order valence-electron chi connectivity index (χ1n) is 12.7. The van der Waals surface area contributed by atoms with E-state index in [1.807, 2.05) is 32.2 Å². The number of thiazole rings is 2. The SMILES string of the molecule is C=Cc1sc(N(C)c2cc(C)c(N=c3sc4ccccc4n3COCC[Si](C)(C)C)nn2)nc1C(=O)OCC. The third kappa shape index (κ3) is 6.88. The first-order chi connectivity index (χ1) is 18.6. The first kappa shape index (κ1) is 28.8. The van der Waals surface area contributed by atoms with Crippen LogP contribution < -0.4 is 9.70 Å². The minimum Gasteiger partial charge on any atom is -0.461 e. The van der Waals surface area contributed by atoms with Gasteiger partial charge in [-0.25, -0.2) is 9.78 Å². The summed E-state index contributed by atoms with van der Waals surface area (Å²) >= 11 is 2.93. The lowest BCUT2D eigenvalue weighted by atomic mass is 10.3. The van der Waals surface area contributed by atoms with Crippen LogP contribution in [0.1, 0.15) is 27.9 Å². The average molecular weight is 583 g/mol. The number of esters is 1. The van der Waals surface area contributed by atoms with Crippen LogP contribution in [0.5, 0.6) is 0 Å². The number of aromatic nitrogens is 4. The minimum atomic E-state index is -1.18. The van der Waals surface area contributed by atoms with Gasteiger partial charge < -0.3 is 14.4 Å². The molecule has 9 nitrogen and oxygen atoms in total. The van der Waals surface area contributed by atoms with Crippen molar-refractivity contribution in [3.05, 3.63) is 57.8 Å². The number of aryl methyl sites for hydroxylation is 1. The van der Waals surface area contributed by atoms with Crippen LogP contribution in [0.25, 0.3) is 16.3 Å². The Hall–Kier alpha value is -3.19. The molecule has 12 heteroatoms. The zero-order valence-electron chi connectivity index (χ0n) is 23.2. The van der Waals surface area contributed by atoms with Crippen LogP contribution >= 0.6 is 22.7 Å². The van der Waals surface area contributed by atoms with Crippen molar-refractivity contribution in [2.45, 2.75) is 46.3 Å². The summed E-state index contributed by atoms with van der Waals surface area (Å²) in [5.41, 5.74) is 2.19. The number of ether oxygens (including phenoxy) is 2. The number of rotatable bonds is 11. The lowest BCUT2D eigenvalue weighted by Gasteiger charge is -2.16. The van der Waals surface area contributed by atoms with Gasteiger partial charge in [-0.05, 0) is 49.7 Å². The quantitative estimate of drug-likeness (QED) is 0.115. The van der Waals surface area contributed by atoms with Gasteiger partial charge in [0.05, 0.1) is 21.7 Å². The van der Waals surface area contributed by atoms with Gasteiger partial charge in [0.15, 0.2) is 27.3 Å². The van der Waals surface area contributed by atoms with E-state index in [0.717, 1.165) is 33.2 Å². The van der Waals surface area contributed by atoms with Gasteiger partial charge in [-0.15, -0.1) is 10.2 Å². The molecule has 0 saturated carbocycles. The molecular weight excluding hydrogens is 549 g/mol. The summed E-state index contributed by atoms with van der Waals surface area (Å²) in [5, 5.41) is 9.45. The molecule has 206 valence electrons. The molecule has 0 aliphatic rings. The third-order valence-corrected chi connectivity index (χ3v) is 9.77. The molecule has 0 N–H and O–H groups in total. The van der Waals surface area contributed by atoms with Crippen LogP contribution in [0.15, 0.2) is 41.9 Å². The molecule has 0 saturated heterocycles. The van der Waals surface area contributed by atoms with Crippen molar-refractivity contribution in [1.29, 1.82) is 0 Å². The molecule has 0 aliphatic heterocycles. The highest BCUT2D eigenvalue weighted by Crippen LogP contribution is 2.32. The molecule has 0 amide bonds. The number of benzene rings is 1. The molecule has 39 heavy (non-hydrogen) atoms. The fourth-order valence-corrected chi connectivity index (χ4v) is 6.29. The number of carbonyl (C=O) groups excluding carboxylic acids is 1. The van der Waals surface area contributed by atoms with Gasteiger partial charge in [0, 0.05) is 21.7 Å². The van der Waals surface area contributed by atoms with Crippen LogP contribution in [0, 0.1) is 6.92 Å². The van der Waals surface area contributed by atoms with E-state index in [1.54, 1.807) is 29.2 Å². The maximum atomic E-state index is 12.3. The van der Waals surface area contributed by atoms with Gasteiger partial charge >= 0.3 is 5.97 Å². The smallest absolute Gasteiger partial charge is 0.358 e. The minimum absolute atomic E-state index is 0.247. The normalized spacial score (nSPS) is 12.2. The van der Waals surface area contributed by atoms with Crippen LogP contribution in [-0.2, 0) is 16.2 Å². The number of hydrogen-bond acceptors (Lipinski definition) is 10. The molecule has 0 fully saturated rings.